The number of carbonyl (C=O) groups excluding carboxylic acids is 2. The fourth-order valence-corrected chi connectivity index (χ4v) is 2.36. The van der Waals surface area contributed by atoms with Crippen LogP contribution in [0.2, 0.25) is 0 Å². The van der Waals surface area contributed by atoms with Gasteiger partial charge in [0.1, 0.15) is 0 Å². The third kappa shape index (κ3) is 2.83. The van der Waals surface area contributed by atoms with E-state index in [1.165, 1.54) is 4.90 Å². The zero-order valence-electron chi connectivity index (χ0n) is 11.3. The zero-order chi connectivity index (χ0) is 13.8. The Bertz CT molecular complexity index is 499. The summed E-state index contributed by atoms with van der Waals surface area (Å²) in [7, 11) is 3.59. The quantitative estimate of drug-likeness (QED) is 0.825. The van der Waals surface area contributed by atoms with E-state index in [0.29, 0.717) is 12.8 Å². The number of benzene rings is 1. The molecule has 0 aliphatic carbocycles. The molecular weight excluding hydrogens is 242 g/mol. The number of rotatable bonds is 4. The summed E-state index contributed by atoms with van der Waals surface area (Å²) in [5.41, 5.74) is 2.96. The third-order valence-corrected chi connectivity index (χ3v) is 3.20. The van der Waals surface area contributed by atoms with E-state index >= 15 is 0 Å². The molecule has 0 unspecified atom stereocenters. The second-order valence-electron chi connectivity index (χ2n) is 4.65. The highest BCUT2D eigenvalue weighted by atomic mass is 16.2. The van der Waals surface area contributed by atoms with E-state index in [4.69, 9.17) is 0 Å². The highest BCUT2D eigenvalue weighted by Gasteiger charge is 2.28. The average Bonchev–Trinajstić information content (AvgIpc) is 2.39. The van der Waals surface area contributed by atoms with E-state index in [1.807, 2.05) is 19.2 Å². The summed E-state index contributed by atoms with van der Waals surface area (Å²) in [6.07, 6.45) is 1.10. The molecule has 5 nitrogen and oxygen atoms in total. The van der Waals surface area contributed by atoms with Crippen LogP contribution in [0.15, 0.2) is 18.2 Å². The molecule has 19 heavy (non-hydrogen) atoms. The van der Waals surface area contributed by atoms with Crippen molar-refractivity contribution < 1.29 is 9.59 Å². The lowest BCUT2D eigenvalue weighted by Crippen LogP contribution is -2.44. The van der Waals surface area contributed by atoms with E-state index < -0.39 is 0 Å². The standard InChI is InChI=1S/C14H19N3O2/c1-15-8-10-3-5-12-11(7-10)4-6-13(18)17(12)14(19)9-16-2/h3,5,7,15-16H,4,6,8-9H2,1-2H3. The van der Waals surface area contributed by atoms with Gasteiger partial charge in [0.25, 0.3) is 0 Å². The monoisotopic (exact) mass is 261 g/mol. The minimum atomic E-state index is -0.199. The summed E-state index contributed by atoms with van der Waals surface area (Å²) in [5.74, 6) is -0.316. The molecule has 0 atom stereocenters. The van der Waals surface area contributed by atoms with Crippen LogP contribution in [0.25, 0.3) is 0 Å². The van der Waals surface area contributed by atoms with Crippen molar-refractivity contribution in [2.24, 2.45) is 0 Å². The van der Waals surface area contributed by atoms with Gasteiger partial charge in [0.2, 0.25) is 11.8 Å². The molecule has 1 heterocycles. The molecule has 0 fully saturated rings. The molecule has 2 amide bonds. The third-order valence-electron chi connectivity index (χ3n) is 3.20. The predicted molar refractivity (Wildman–Crippen MR) is 73.9 cm³/mol. The van der Waals surface area contributed by atoms with Gasteiger partial charge in [-0.25, -0.2) is 4.90 Å². The van der Waals surface area contributed by atoms with Crippen LogP contribution in [0.1, 0.15) is 17.5 Å². The van der Waals surface area contributed by atoms with Gasteiger partial charge in [-0.3, -0.25) is 9.59 Å². The molecule has 2 rings (SSSR count). The Hall–Kier alpha value is -1.72. The molecule has 0 bridgehead atoms. The van der Waals surface area contributed by atoms with E-state index in [9.17, 15) is 9.59 Å². The van der Waals surface area contributed by atoms with Gasteiger partial charge in [0, 0.05) is 13.0 Å². The van der Waals surface area contributed by atoms with Crippen molar-refractivity contribution in [1.82, 2.24) is 10.6 Å². The Morgan fingerprint density at radius 3 is 2.74 bits per heavy atom. The van der Waals surface area contributed by atoms with Gasteiger partial charge in [-0.2, -0.15) is 0 Å². The summed E-state index contributed by atoms with van der Waals surface area (Å²) in [5, 5.41) is 5.89. The van der Waals surface area contributed by atoms with E-state index in [0.717, 1.165) is 23.4 Å². The van der Waals surface area contributed by atoms with Crippen LogP contribution < -0.4 is 15.5 Å². The smallest absolute Gasteiger partial charge is 0.247 e. The van der Waals surface area contributed by atoms with E-state index in [2.05, 4.69) is 16.7 Å². The highest BCUT2D eigenvalue weighted by molar-refractivity contribution is 6.17. The number of hydrogen-bond acceptors (Lipinski definition) is 4. The number of hydrogen-bond donors (Lipinski definition) is 2. The average molecular weight is 261 g/mol. The van der Waals surface area contributed by atoms with Gasteiger partial charge in [-0.1, -0.05) is 12.1 Å². The summed E-state index contributed by atoms with van der Waals surface area (Å²) >= 11 is 0. The number of anilines is 1. The molecule has 1 aromatic carbocycles. The van der Waals surface area contributed by atoms with Crippen LogP contribution in [0.5, 0.6) is 0 Å². The first-order chi connectivity index (χ1) is 9.17. The molecule has 1 aliphatic rings. The number of imide groups is 1. The van der Waals surface area contributed by atoms with Crippen LogP contribution in [-0.2, 0) is 22.6 Å². The van der Waals surface area contributed by atoms with Crippen LogP contribution in [-0.4, -0.2) is 32.5 Å². The second kappa shape index (κ2) is 5.95. The first-order valence-electron chi connectivity index (χ1n) is 6.44. The van der Waals surface area contributed by atoms with Crippen LogP contribution in [0.4, 0.5) is 5.69 Å². The molecule has 0 aromatic heterocycles. The molecule has 2 N–H and O–H groups in total. The number of carbonyl (C=O) groups is 2. The highest BCUT2D eigenvalue weighted by Crippen LogP contribution is 2.28. The van der Waals surface area contributed by atoms with Crippen LogP contribution in [0, 0.1) is 0 Å². The number of likely N-dealkylation sites (N-methyl/N-ethyl adjacent to an activating group) is 1. The van der Waals surface area contributed by atoms with Gasteiger partial charge in [0.15, 0.2) is 0 Å². The molecular formula is C14H19N3O2. The Balaban J connectivity index is 2.33. The van der Waals surface area contributed by atoms with Crippen molar-refractivity contribution >= 4 is 17.5 Å². The van der Waals surface area contributed by atoms with Gasteiger partial charge >= 0.3 is 0 Å². The van der Waals surface area contributed by atoms with Gasteiger partial charge in [-0.05, 0) is 37.7 Å². The van der Waals surface area contributed by atoms with E-state index in [-0.39, 0.29) is 18.4 Å². The molecule has 0 saturated heterocycles. The SMILES string of the molecule is CNCC(=O)N1C(=O)CCc2cc(CNC)ccc21. The van der Waals surface area contributed by atoms with Crippen LogP contribution in [0.3, 0.4) is 0 Å². The Morgan fingerprint density at radius 1 is 1.26 bits per heavy atom. The van der Waals surface area contributed by atoms with Crippen LogP contribution >= 0.6 is 0 Å². The summed E-state index contributed by atoms with van der Waals surface area (Å²) in [6, 6.07) is 5.89. The van der Waals surface area contributed by atoms with Crippen molar-refractivity contribution in [3.63, 3.8) is 0 Å². The molecule has 1 aromatic rings. The van der Waals surface area contributed by atoms with Crippen molar-refractivity contribution in [1.29, 1.82) is 0 Å². The lowest BCUT2D eigenvalue weighted by atomic mass is 9.98. The van der Waals surface area contributed by atoms with Gasteiger partial charge in [-0.15, -0.1) is 0 Å². The fourth-order valence-electron chi connectivity index (χ4n) is 2.36. The van der Waals surface area contributed by atoms with Crippen molar-refractivity contribution in [2.75, 3.05) is 25.5 Å². The molecule has 5 heteroatoms. The Morgan fingerprint density at radius 2 is 2.05 bits per heavy atom. The summed E-state index contributed by atoms with van der Waals surface area (Å²) in [6.45, 7) is 0.954. The largest absolute Gasteiger partial charge is 0.316 e. The van der Waals surface area contributed by atoms with E-state index in [1.54, 1.807) is 7.05 Å². The van der Waals surface area contributed by atoms with Crippen molar-refractivity contribution in [3.8, 4) is 0 Å². The Kier molecular flexibility index (Phi) is 4.29. The van der Waals surface area contributed by atoms with Crippen molar-refractivity contribution in [3.05, 3.63) is 29.3 Å². The van der Waals surface area contributed by atoms with Crippen molar-refractivity contribution in [2.45, 2.75) is 19.4 Å². The molecule has 0 radical (unpaired) electrons. The Labute approximate surface area is 113 Å². The second-order valence-corrected chi connectivity index (χ2v) is 4.65. The molecule has 0 spiro atoms. The number of fused-ring (bicyclic) bond motifs is 1. The minimum absolute atomic E-state index is 0.117. The zero-order valence-corrected chi connectivity index (χ0v) is 11.3. The summed E-state index contributed by atoms with van der Waals surface area (Å²) < 4.78 is 0. The first kappa shape index (κ1) is 13.7. The molecule has 0 saturated carbocycles. The molecule has 1 aliphatic heterocycles. The maximum absolute atomic E-state index is 12.0. The lowest BCUT2D eigenvalue weighted by molar-refractivity contribution is -0.126. The summed E-state index contributed by atoms with van der Waals surface area (Å²) in [4.78, 5) is 25.3. The number of aryl methyl sites for hydroxylation is 1. The van der Waals surface area contributed by atoms with Gasteiger partial charge < -0.3 is 10.6 Å². The topological polar surface area (TPSA) is 61.4 Å². The normalized spacial score (nSPS) is 14.4. The predicted octanol–water partition coefficient (Wildman–Crippen LogP) is 0.431. The maximum Gasteiger partial charge on any atom is 0.247 e. The number of amides is 2. The number of nitrogens with one attached hydrogen (secondary N) is 2. The first-order valence-corrected chi connectivity index (χ1v) is 6.44. The fraction of sp³-hybridized carbons (Fsp3) is 0.429. The minimum Gasteiger partial charge on any atom is -0.316 e. The lowest BCUT2D eigenvalue weighted by Gasteiger charge is -2.28. The maximum atomic E-state index is 12.0. The molecule has 102 valence electrons. The number of nitrogens with zero attached hydrogens (tertiary/aromatic N) is 1. The van der Waals surface area contributed by atoms with Gasteiger partial charge in [0.05, 0.1) is 12.2 Å².